The zero-order chi connectivity index (χ0) is 14.5. The highest BCUT2D eigenvalue weighted by atomic mass is 16.5. The maximum atomic E-state index is 12.2. The van der Waals surface area contributed by atoms with Crippen LogP contribution >= 0.6 is 0 Å². The third-order valence-electron chi connectivity index (χ3n) is 2.60. The van der Waals surface area contributed by atoms with E-state index in [-0.39, 0.29) is 24.2 Å². The number of aliphatic hydroxyl groups excluding tert-OH is 1. The number of nitrogens with one attached hydrogen (secondary N) is 1. The minimum atomic E-state index is -0.364. The average molecular weight is 265 g/mol. The summed E-state index contributed by atoms with van der Waals surface area (Å²) in [6.07, 6.45) is 0.685. The van der Waals surface area contributed by atoms with Crippen LogP contribution in [0.5, 0.6) is 5.75 Å². The normalized spacial score (nSPS) is 12.9. The van der Waals surface area contributed by atoms with Crippen LogP contribution < -0.4 is 10.1 Å². The van der Waals surface area contributed by atoms with Crippen LogP contribution in [0.15, 0.2) is 24.3 Å². The molecule has 0 aliphatic heterocycles. The Hall–Kier alpha value is -1.55. The monoisotopic (exact) mass is 265 g/mol. The van der Waals surface area contributed by atoms with Crippen LogP contribution in [0.2, 0.25) is 0 Å². The van der Waals surface area contributed by atoms with Gasteiger partial charge in [0.05, 0.1) is 18.2 Å². The van der Waals surface area contributed by atoms with E-state index < -0.39 is 0 Å². The third-order valence-corrected chi connectivity index (χ3v) is 2.60. The molecule has 1 rings (SSSR count). The summed E-state index contributed by atoms with van der Waals surface area (Å²) in [7, 11) is 0. The first kappa shape index (κ1) is 15.5. The Labute approximate surface area is 114 Å². The molecule has 0 spiro atoms. The molecular weight excluding hydrogens is 242 g/mol. The lowest BCUT2D eigenvalue weighted by Gasteiger charge is -2.23. The number of para-hydroxylation sites is 1. The van der Waals surface area contributed by atoms with E-state index in [0.29, 0.717) is 17.7 Å². The van der Waals surface area contributed by atoms with Gasteiger partial charge in [0.15, 0.2) is 0 Å². The number of rotatable bonds is 5. The van der Waals surface area contributed by atoms with Gasteiger partial charge in [0.25, 0.3) is 5.91 Å². The first-order chi connectivity index (χ1) is 8.87. The number of ether oxygens (including phenoxy) is 1. The fraction of sp³-hybridized carbons (Fsp3) is 0.533. The molecule has 0 aromatic heterocycles. The van der Waals surface area contributed by atoms with Crippen molar-refractivity contribution < 1.29 is 14.6 Å². The lowest BCUT2D eigenvalue weighted by atomic mass is 10.1. The lowest BCUT2D eigenvalue weighted by molar-refractivity contribution is 0.0895. The number of hydrogen-bond acceptors (Lipinski definition) is 3. The molecule has 0 saturated heterocycles. The second-order valence-corrected chi connectivity index (χ2v) is 5.47. The number of benzene rings is 1. The van der Waals surface area contributed by atoms with Crippen molar-refractivity contribution >= 4 is 5.91 Å². The van der Waals surface area contributed by atoms with E-state index in [1.165, 1.54) is 0 Å². The van der Waals surface area contributed by atoms with Crippen LogP contribution in [-0.2, 0) is 0 Å². The van der Waals surface area contributed by atoms with Crippen LogP contribution in [0, 0.1) is 0 Å². The molecule has 1 aromatic carbocycles. The Morgan fingerprint density at radius 3 is 2.53 bits per heavy atom. The molecular formula is C15H23NO3. The molecule has 0 aliphatic rings. The van der Waals surface area contributed by atoms with Crippen molar-refractivity contribution in [1.29, 1.82) is 0 Å². The van der Waals surface area contributed by atoms with Crippen molar-refractivity contribution in [3.05, 3.63) is 29.8 Å². The molecule has 0 bridgehead atoms. The van der Waals surface area contributed by atoms with Crippen LogP contribution in [0.25, 0.3) is 0 Å². The summed E-state index contributed by atoms with van der Waals surface area (Å²) in [5.74, 6) is 0.334. The predicted molar refractivity (Wildman–Crippen MR) is 75.5 cm³/mol. The second-order valence-electron chi connectivity index (χ2n) is 5.47. The topological polar surface area (TPSA) is 58.6 Å². The van der Waals surface area contributed by atoms with Gasteiger partial charge in [-0.25, -0.2) is 0 Å². The van der Waals surface area contributed by atoms with Crippen LogP contribution in [-0.4, -0.2) is 29.3 Å². The van der Waals surface area contributed by atoms with Crippen molar-refractivity contribution in [2.75, 3.05) is 6.61 Å². The highest BCUT2D eigenvalue weighted by Crippen LogP contribution is 2.23. The van der Waals surface area contributed by atoms with Gasteiger partial charge in [0, 0.05) is 0 Å². The second kappa shape index (κ2) is 6.57. The highest BCUT2D eigenvalue weighted by molar-refractivity contribution is 5.97. The molecule has 1 amide bonds. The van der Waals surface area contributed by atoms with E-state index in [1.807, 2.05) is 33.8 Å². The molecule has 1 atom stereocenters. The van der Waals surface area contributed by atoms with Crippen molar-refractivity contribution in [3.8, 4) is 5.75 Å². The van der Waals surface area contributed by atoms with E-state index in [9.17, 15) is 4.79 Å². The van der Waals surface area contributed by atoms with Gasteiger partial charge in [0.1, 0.15) is 11.4 Å². The summed E-state index contributed by atoms with van der Waals surface area (Å²) in [4.78, 5) is 12.2. The van der Waals surface area contributed by atoms with E-state index >= 15 is 0 Å². The molecule has 0 aliphatic carbocycles. The van der Waals surface area contributed by atoms with Gasteiger partial charge in [-0.05, 0) is 39.3 Å². The summed E-state index contributed by atoms with van der Waals surface area (Å²) in [5.41, 5.74) is 0.127. The van der Waals surface area contributed by atoms with Gasteiger partial charge in [0.2, 0.25) is 0 Å². The fourth-order valence-electron chi connectivity index (χ4n) is 1.61. The summed E-state index contributed by atoms with van der Waals surface area (Å²) < 4.78 is 5.78. The fourth-order valence-corrected chi connectivity index (χ4v) is 1.61. The summed E-state index contributed by atoms with van der Waals surface area (Å²) in [6.45, 7) is 7.65. The van der Waals surface area contributed by atoms with Crippen LogP contribution in [0.3, 0.4) is 0 Å². The Kier molecular flexibility index (Phi) is 5.36. The molecule has 19 heavy (non-hydrogen) atoms. The van der Waals surface area contributed by atoms with E-state index in [4.69, 9.17) is 9.84 Å². The summed E-state index contributed by atoms with van der Waals surface area (Å²) in [5, 5.41) is 11.9. The Balaban J connectivity index is 2.90. The smallest absolute Gasteiger partial charge is 0.255 e. The van der Waals surface area contributed by atoms with Crippen molar-refractivity contribution in [3.63, 3.8) is 0 Å². The standard InChI is InChI=1S/C15H23NO3/c1-5-11(10-17)16-14(18)12-8-6-7-9-13(12)19-15(2,3)4/h6-9,11,17H,5,10H2,1-4H3,(H,16,18). The van der Waals surface area contributed by atoms with Gasteiger partial charge in [-0.1, -0.05) is 19.1 Å². The quantitative estimate of drug-likeness (QED) is 0.859. The molecule has 0 fully saturated rings. The van der Waals surface area contributed by atoms with Crippen molar-refractivity contribution in [2.45, 2.75) is 45.8 Å². The molecule has 0 heterocycles. The highest BCUT2D eigenvalue weighted by Gasteiger charge is 2.19. The van der Waals surface area contributed by atoms with Gasteiger partial charge in [-0.2, -0.15) is 0 Å². The van der Waals surface area contributed by atoms with E-state index in [0.717, 1.165) is 0 Å². The van der Waals surface area contributed by atoms with Crippen LogP contribution in [0.4, 0.5) is 0 Å². The Morgan fingerprint density at radius 1 is 1.37 bits per heavy atom. The maximum absolute atomic E-state index is 12.2. The minimum Gasteiger partial charge on any atom is -0.487 e. The number of hydrogen-bond donors (Lipinski definition) is 2. The molecule has 0 radical (unpaired) electrons. The van der Waals surface area contributed by atoms with E-state index in [1.54, 1.807) is 18.2 Å². The molecule has 1 aromatic rings. The lowest BCUT2D eigenvalue weighted by Crippen LogP contribution is -2.37. The molecule has 4 heteroatoms. The Bertz CT molecular complexity index is 420. The third kappa shape index (κ3) is 4.91. The first-order valence-corrected chi connectivity index (χ1v) is 6.57. The van der Waals surface area contributed by atoms with Crippen molar-refractivity contribution in [1.82, 2.24) is 5.32 Å². The summed E-state index contributed by atoms with van der Waals surface area (Å²) in [6, 6.07) is 6.90. The van der Waals surface area contributed by atoms with Crippen molar-refractivity contribution in [2.24, 2.45) is 0 Å². The van der Waals surface area contributed by atoms with Gasteiger partial charge >= 0.3 is 0 Å². The SMILES string of the molecule is CCC(CO)NC(=O)c1ccccc1OC(C)(C)C. The van der Waals surface area contributed by atoms with Crippen LogP contribution in [0.1, 0.15) is 44.5 Å². The molecule has 2 N–H and O–H groups in total. The predicted octanol–water partition coefficient (Wildman–Crippen LogP) is 2.36. The summed E-state index contributed by atoms with van der Waals surface area (Å²) >= 11 is 0. The number of aliphatic hydroxyl groups is 1. The number of carbonyl (C=O) groups is 1. The molecule has 106 valence electrons. The number of amides is 1. The molecule has 1 unspecified atom stereocenters. The molecule has 0 saturated carbocycles. The molecule has 4 nitrogen and oxygen atoms in total. The number of carbonyl (C=O) groups excluding carboxylic acids is 1. The largest absolute Gasteiger partial charge is 0.487 e. The average Bonchev–Trinajstić information content (AvgIpc) is 2.34. The van der Waals surface area contributed by atoms with E-state index in [2.05, 4.69) is 5.32 Å². The zero-order valence-corrected chi connectivity index (χ0v) is 12.1. The van der Waals surface area contributed by atoms with Gasteiger partial charge in [-0.15, -0.1) is 0 Å². The minimum absolute atomic E-state index is 0.0649. The zero-order valence-electron chi connectivity index (χ0n) is 12.1. The first-order valence-electron chi connectivity index (χ1n) is 6.57. The maximum Gasteiger partial charge on any atom is 0.255 e. The van der Waals surface area contributed by atoms with Gasteiger partial charge < -0.3 is 15.2 Å². The Morgan fingerprint density at radius 2 is 2.00 bits per heavy atom. The van der Waals surface area contributed by atoms with Gasteiger partial charge in [-0.3, -0.25) is 4.79 Å².